The van der Waals surface area contributed by atoms with E-state index in [0.717, 1.165) is 0 Å². The van der Waals surface area contributed by atoms with Crippen molar-refractivity contribution in [1.82, 2.24) is 0 Å². The number of halogens is 1. The summed E-state index contributed by atoms with van der Waals surface area (Å²) in [6.45, 7) is 0. The van der Waals surface area contributed by atoms with Gasteiger partial charge in [-0.1, -0.05) is 12.1 Å². The first kappa shape index (κ1) is 12.2. The summed E-state index contributed by atoms with van der Waals surface area (Å²) in [5.74, 6) is 0. The predicted octanol–water partition coefficient (Wildman–Crippen LogP) is 0.512. The van der Waals surface area contributed by atoms with Gasteiger partial charge in [-0.3, -0.25) is 4.55 Å². The van der Waals surface area contributed by atoms with Gasteiger partial charge in [0.1, 0.15) is 4.90 Å². The quantitative estimate of drug-likeness (QED) is 0.607. The predicted molar refractivity (Wildman–Crippen MR) is 53.9 cm³/mol. The number of hydrogen-bond acceptors (Lipinski definition) is 2. The van der Waals surface area contributed by atoms with Gasteiger partial charge in [0, 0.05) is 4.47 Å². The summed E-state index contributed by atoms with van der Waals surface area (Å²) >= 11 is 2.99. The topological polar surface area (TPSA) is 54.4 Å². The average Bonchev–Trinajstić information content (AvgIpc) is 1.86. The number of rotatable bonds is 1. The van der Waals surface area contributed by atoms with E-state index in [9.17, 15) is 8.42 Å². The molecule has 3 nitrogen and oxygen atoms in total. The van der Waals surface area contributed by atoms with Gasteiger partial charge in [-0.05, 0) is 28.1 Å². The Morgan fingerprint density at radius 3 is 2.08 bits per heavy atom. The summed E-state index contributed by atoms with van der Waals surface area (Å²) < 4.78 is 30.1. The Morgan fingerprint density at radius 2 is 1.75 bits per heavy atom. The molecule has 12 heavy (non-hydrogen) atoms. The summed E-state index contributed by atoms with van der Waals surface area (Å²) in [6, 6.07) is 6.06. The molecule has 1 rings (SSSR count). The van der Waals surface area contributed by atoms with Crippen molar-refractivity contribution in [3.8, 4) is 0 Å². The first-order valence-corrected chi connectivity index (χ1v) is 4.97. The van der Waals surface area contributed by atoms with Crippen molar-refractivity contribution in [2.24, 2.45) is 0 Å². The molecule has 0 aliphatic carbocycles. The minimum absolute atomic E-state index is 0. The van der Waals surface area contributed by atoms with Gasteiger partial charge in [0.05, 0.1) is 0 Å². The maximum atomic E-state index is 10.6. The Balaban J connectivity index is 0.00000121. The van der Waals surface area contributed by atoms with Crippen LogP contribution in [0.1, 0.15) is 0 Å². The second kappa shape index (κ2) is 4.47. The van der Waals surface area contributed by atoms with Crippen LogP contribution >= 0.6 is 15.9 Å². The Hall–Kier alpha value is 0.246. The minimum atomic E-state index is -4.08. The van der Waals surface area contributed by atoms with E-state index < -0.39 is 10.1 Å². The monoisotopic (exact) mass is 308 g/mol. The molecule has 0 amide bonds. The van der Waals surface area contributed by atoms with Crippen molar-refractivity contribution in [2.75, 3.05) is 0 Å². The molecule has 0 radical (unpaired) electrons. The van der Waals surface area contributed by atoms with E-state index in [0.29, 0.717) is 4.47 Å². The molecular formula is C6H8BrGaO3S. The summed E-state index contributed by atoms with van der Waals surface area (Å²) in [4.78, 5) is -0.111. The zero-order valence-corrected chi connectivity index (χ0v) is 7.76. The molecule has 6 heteroatoms. The fraction of sp³-hybridized carbons (Fsp3) is 0. The van der Waals surface area contributed by atoms with E-state index in [1.165, 1.54) is 12.1 Å². The van der Waals surface area contributed by atoms with Gasteiger partial charge in [-0.25, -0.2) is 0 Å². The fourth-order valence-electron chi connectivity index (χ4n) is 0.654. The molecule has 1 aromatic rings. The van der Waals surface area contributed by atoms with Crippen LogP contribution < -0.4 is 0 Å². The zero-order chi connectivity index (χ0) is 8.48. The van der Waals surface area contributed by atoms with Crippen molar-refractivity contribution >= 4 is 45.8 Å². The molecule has 1 aromatic carbocycles. The van der Waals surface area contributed by atoms with Crippen molar-refractivity contribution in [2.45, 2.75) is 4.90 Å². The fourth-order valence-corrected chi connectivity index (χ4v) is 2.12. The molecule has 0 saturated carbocycles. The molecule has 0 saturated heterocycles. The van der Waals surface area contributed by atoms with Crippen molar-refractivity contribution in [3.63, 3.8) is 0 Å². The molecule has 66 valence electrons. The molecule has 0 aromatic heterocycles. The first-order chi connectivity index (χ1) is 5.02. The summed E-state index contributed by atoms with van der Waals surface area (Å²) in [6.07, 6.45) is 0. The van der Waals surface area contributed by atoms with Crippen LogP contribution in [0, 0.1) is 0 Å². The van der Waals surface area contributed by atoms with Gasteiger partial charge in [0.15, 0.2) is 0 Å². The van der Waals surface area contributed by atoms with Gasteiger partial charge in [0.2, 0.25) is 0 Å². The Labute approximate surface area is 92.1 Å². The SMILES string of the molecule is O=S(=O)(O)c1ccccc1Br.[GaH3]. The van der Waals surface area contributed by atoms with E-state index in [4.69, 9.17) is 4.55 Å². The van der Waals surface area contributed by atoms with Gasteiger partial charge in [-0.15, -0.1) is 0 Å². The van der Waals surface area contributed by atoms with Crippen LogP contribution in [0.3, 0.4) is 0 Å². The van der Waals surface area contributed by atoms with E-state index >= 15 is 0 Å². The third-order valence-corrected chi connectivity index (χ3v) is 2.98. The number of benzene rings is 1. The zero-order valence-electron chi connectivity index (χ0n) is 5.36. The van der Waals surface area contributed by atoms with Gasteiger partial charge < -0.3 is 0 Å². The molecule has 0 aliphatic heterocycles. The molecule has 0 fully saturated rings. The normalized spacial score (nSPS) is 10.5. The Morgan fingerprint density at radius 1 is 1.25 bits per heavy atom. The van der Waals surface area contributed by atoms with E-state index in [1.54, 1.807) is 12.1 Å². The molecular weight excluding hydrogens is 302 g/mol. The maximum absolute atomic E-state index is 10.6. The van der Waals surface area contributed by atoms with Crippen LogP contribution in [0.5, 0.6) is 0 Å². The van der Waals surface area contributed by atoms with E-state index in [1.807, 2.05) is 0 Å². The molecule has 0 atom stereocenters. The van der Waals surface area contributed by atoms with Crippen LogP contribution in [0.2, 0.25) is 0 Å². The second-order valence-electron chi connectivity index (χ2n) is 1.91. The van der Waals surface area contributed by atoms with Crippen molar-refractivity contribution in [3.05, 3.63) is 28.7 Å². The van der Waals surface area contributed by atoms with Crippen LogP contribution in [0.15, 0.2) is 33.6 Å². The van der Waals surface area contributed by atoms with Gasteiger partial charge >= 0.3 is 19.8 Å². The third kappa shape index (κ3) is 2.95. The van der Waals surface area contributed by atoms with Crippen molar-refractivity contribution in [1.29, 1.82) is 0 Å². The van der Waals surface area contributed by atoms with Crippen LogP contribution in [-0.4, -0.2) is 32.8 Å². The summed E-state index contributed by atoms with van der Waals surface area (Å²) in [7, 11) is -4.08. The van der Waals surface area contributed by atoms with Crippen LogP contribution in [0.4, 0.5) is 0 Å². The van der Waals surface area contributed by atoms with Gasteiger partial charge in [-0.2, -0.15) is 8.42 Å². The average molecular weight is 310 g/mol. The molecule has 0 unspecified atom stereocenters. The molecule has 0 aliphatic rings. The Bertz CT molecular complexity index is 363. The molecule has 0 bridgehead atoms. The van der Waals surface area contributed by atoms with E-state index in [2.05, 4.69) is 15.9 Å². The summed E-state index contributed by atoms with van der Waals surface area (Å²) in [5.41, 5.74) is 0. The standard InChI is InChI=1S/C6H5BrO3S.Ga.3H/c7-5-3-1-2-4-6(5)11(8,9)10;;;;/h1-4H,(H,8,9,10);;;;. The number of hydrogen-bond donors (Lipinski definition) is 1. The van der Waals surface area contributed by atoms with Crippen LogP contribution in [0.25, 0.3) is 0 Å². The molecule has 0 spiro atoms. The molecule has 1 N–H and O–H groups in total. The third-order valence-electron chi connectivity index (χ3n) is 1.11. The summed E-state index contributed by atoms with van der Waals surface area (Å²) in [5, 5.41) is 0. The first-order valence-electron chi connectivity index (χ1n) is 2.74. The molecule has 0 heterocycles. The van der Waals surface area contributed by atoms with Crippen molar-refractivity contribution < 1.29 is 13.0 Å². The van der Waals surface area contributed by atoms with Gasteiger partial charge in [0.25, 0.3) is 10.1 Å². The Kier molecular flexibility index (Phi) is 4.57. The van der Waals surface area contributed by atoms with Crippen LogP contribution in [-0.2, 0) is 10.1 Å². The second-order valence-corrected chi connectivity index (χ2v) is 4.15. The van der Waals surface area contributed by atoms with E-state index in [-0.39, 0.29) is 24.7 Å².